The average Bonchev–Trinajstić information content (AvgIpc) is 4.10. The SMILES string of the molecule is CC[C@H](C)[C@H](NC(=O)C(C)(C)N(C)C)C(=O)N(C)[C@H](C[C@@H](OC(C)=O)c1nc(C(=O)N[C@@H](CCc2ccc(OC(=O)CCCN3CC=CC3=O)c(NC(=O)CCCN3C(=O)C=CC3=O)c2)CC(C)C(=O)O)cs1)C(C)C. The van der Waals surface area contributed by atoms with Gasteiger partial charge in [-0.2, -0.15) is 0 Å². The predicted octanol–water partition coefficient (Wildman–Crippen LogP) is 5.06. The largest absolute Gasteiger partial charge is 0.481 e. The first kappa shape index (κ1) is 61.7. The third kappa shape index (κ3) is 17.6. The number of nitrogens with one attached hydrogen (secondary N) is 3. The van der Waals surface area contributed by atoms with Gasteiger partial charge in [0.15, 0.2) is 11.9 Å². The highest BCUT2D eigenvalue weighted by molar-refractivity contribution is 7.09. The number of aryl methyl sites for hydroxylation is 1. The summed E-state index contributed by atoms with van der Waals surface area (Å²) in [5, 5.41) is 20.4. The van der Waals surface area contributed by atoms with E-state index >= 15 is 0 Å². The van der Waals surface area contributed by atoms with Gasteiger partial charge in [-0.15, -0.1) is 11.3 Å². The van der Waals surface area contributed by atoms with E-state index < -0.39 is 77.2 Å². The number of esters is 2. The van der Waals surface area contributed by atoms with Crippen molar-refractivity contribution in [2.45, 2.75) is 143 Å². The highest BCUT2D eigenvalue weighted by Gasteiger charge is 2.39. The molecule has 0 radical (unpaired) electrons. The maximum absolute atomic E-state index is 14.3. The van der Waals surface area contributed by atoms with Crippen LogP contribution in [0.1, 0.15) is 134 Å². The number of anilines is 1. The van der Waals surface area contributed by atoms with Crippen molar-refractivity contribution in [2.24, 2.45) is 17.8 Å². The first-order chi connectivity index (χ1) is 35.7. The molecular weight excluding hydrogens is 1000 g/mol. The van der Waals surface area contributed by atoms with E-state index in [2.05, 4.69) is 20.9 Å². The Labute approximate surface area is 449 Å². The van der Waals surface area contributed by atoms with Gasteiger partial charge in [0.25, 0.3) is 17.7 Å². The molecule has 2 aliphatic rings. The van der Waals surface area contributed by atoms with Crippen molar-refractivity contribution >= 4 is 76.3 Å². The summed E-state index contributed by atoms with van der Waals surface area (Å²) in [6, 6.07) is 2.74. The van der Waals surface area contributed by atoms with Crippen LogP contribution < -0.4 is 20.7 Å². The Hall–Kier alpha value is -6.81. The van der Waals surface area contributed by atoms with Crippen LogP contribution in [0.4, 0.5) is 5.69 Å². The van der Waals surface area contributed by atoms with Crippen LogP contribution in [0.15, 0.2) is 47.9 Å². The number of aliphatic carboxylic acids is 1. The number of ether oxygens (including phenoxy) is 2. The smallest absolute Gasteiger partial charge is 0.311 e. The van der Waals surface area contributed by atoms with Gasteiger partial charge in [0.1, 0.15) is 16.7 Å². The van der Waals surface area contributed by atoms with Crippen molar-refractivity contribution in [1.29, 1.82) is 0 Å². The molecule has 0 saturated heterocycles. The fraction of sp³-hybridized carbons (Fsp3) is 0.574. The number of rotatable bonds is 30. The van der Waals surface area contributed by atoms with Gasteiger partial charge in [-0.1, -0.05) is 53.2 Å². The number of carboxylic acid groups (broad SMARTS) is 1. The minimum Gasteiger partial charge on any atom is -0.481 e. The fourth-order valence-corrected chi connectivity index (χ4v) is 9.29. The molecular formula is C54H76N8O13S. The topological polar surface area (TPSA) is 271 Å². The standard InChI is InChI=1S/C54H76N8O13S/c1-12-33(4)48(58-53(73)54(7,8)59(9)10)51(70)60(11)40(32(2)3)30-42(74-35(6)63)50-57-39(31-76-50)49(69)55-37(28-34(5)52(71)72)21-19-36-20-22-41(75-47(68)18-15-26-61-25-14-17-44(61)65)38(29-36)56-43(64)16-13-27-62-45(66)23-24-46(62)67/h14,17,20,22-24,29,31-34,37,40,42,48H,12-13,15-16,18-19,21,25-28,30H2,1-11H3,(H,55,69)(H,56,64)(H,58,73)(H,71,72)/t33-,34?,37-,40+,42+,48-/m0/s1. The van der Waals surface area contributed by atoms with E-state index in [1.54, 1.807) is 67.9 Å². The molecule has 0 spiro atoms. The van der Waals surface area contributed by atoms with Gasteiger partial charge in [0.05, 0.1) is 17.1 Å². The Bertz CT molecular complexity index is 2500. The minimum atomic E-state index is -1.08. The van der Waals surface area contributed by atoms with Crippen molar-refractivity contribution in [3.8, 4) is 5.75 Å². The summed E-state index contributed by atoms with van der Waals surface area (Å²) in [4.78, 5) is 139. The Balaban J connectivity index is 1.52. The maximum atomic E-state index is 14.3. The van der Waals surface area contributed by atoms with Crippen molar-refractivity contribution in [3.63, 3.8) is 0 Å². The molecule has 0 saturated carbocycles. The molecule has 1 unspecified atom stereocenters. The summed E-state index contributed by atoms with van der Waals surface area (Å²) >= 11 is 1.09. The van der Waals surface area contributed by atoms with Crippen LogP contribution in [0.25, 0.3) is 0 Å². The van der Waals surface area contributed by atoms with Crippen molar-refractivity contribution in [1.82, 2.24) is 35.2 Å². The molecule has 7 amide bonds. The van der Waals surface area contributed by atoms with Gasteiger partial charge >= 0.3 is 17.9 Å². The van der Waals surface area contributed by atoms with Gasteiger partial charge in [-0.25, -0.2) is 4.98 Å². The number of hydrogen-bond donors (Lipinski definition) is 4. The van der Waals surface area contributed by atoms with Gasteiger partial charge < -0.3 is 40.3 Å². The number of carboxylic acids is 1. The van der Waals surface area contributed by atoms with E-state index in [0.717, 1.165) is 28.4 Å². The molecule has 1 aromatic carbocycles. The first-order valence-corrected chi connectivity index (χ1v) is 26.7. The second-order valence-corrected chi connectivity index (χ2v) is 21.4. The van der Waals surface area contributed by atoms with E-state index in [1.807, 2.05) is 27.7 Å². The number of benzene rings is 1. The lowest BCUT2D eigenvalue weighted by molar-refractivity contribution is -0.149. The molecule has 76 heavy (non-hydrogen) atoms. The monoisotopic (exact) mass is 1080 g/mol. The Morgan fingerprint density at radius 3 is 2.16 bits per heavy atom. The van der Waals surface area contributed by atoms with Crippen LogP contribution in [0.5, 0.6) is 5.75 Å². The van der Waals surface area contributed by atoms with E-state index in [0.29, 0.717) is 36.5 Å². The number of thiazole rings is 1. The number of hydrogen-bond acceptors (Lipinski definition) is 15. The molecule has 0 bridgehead atoms. The number of carbonyl (C=O) groups is 10. The zero-order chi connectivity index (χ0) is 56.6. The molecule has 21 nitrogen and oxygen atoms in total. The van der Waals surface area contributed by atoms with E-state index in [-0.39, 0.29) is 98.2 Å². The molecule has 6 atom stereocenters. The van der Waals surface area contributed by atoms with E-state index in [1.165, 1.54) is 31.4 Å². The number of likely N-dealkylation sites (N-methyl/N-ethyl adjacent to an activating group) is 2. The molecule has 4 N–H and O–H groups in total. The van der Waals surface area contributed by atoms with Crippen LogP contribution in [0.3, 0.4) is 0 Å². The lowest BCUT2D eigenvalue weighted by Crippen LogP contribution is -2.60. The first-order valence-electron chi connectivity index (χ1n) is 25.8. The molecule has 416 valence electrons. The van der Waals surface area contributed by atoms with Crippen LogP contribution in [-0.4, -0.2) is 153 Å². The fourth-order valence-electron chi connectivity index (χ4n) is 8.45. The van der Waals surface area contributed by atoms with Gasteiger partial charge in [-0.3, -0.25) is 57.7 Å². The third-order valence-corrected chi connectivity index (χ3v) is 14.9. The number of carbonyl (C=O) groups excluding carboxylic acids is 9. The Morgan fingerprint density at radius 1 is 0.895 bits per heavy atom. The molecule has 4 rings (SSSR count). The van der Waals surface area contributed by atoms with Crippen LogP contribution in [-0.2, 0) is 54.3 Å². The van der Waals surface area contributed by atoms with Crippen LogP contribution in [0.2, 0.25) is 0 Å². The number of aromatic nitrogens is 1. The van der Waals surface area contributed by atoms with Crippen LogP contribution in [0, 0.1) is 17.8 Å². The summed E-state index contributed by atoms with van der Waals surface area (Å²) in [5.74, 6) is -6.27. The molecule has 22 heteroatoms. The minimum absolute atomic E-state index is 0.00620. The van der Waals surface area contributed by atoms with Gasteiger partial charge in [-0.05, 0) is 89.6 Å². The number of nitrogens with zero attached hydrogens (tertiary/aromatic N) is 5. The van der Waals surface area contributed by atoms with Crippen LogP contribution >= 0.6 is 11.3 Å². The molecule has 1 aromatic heterocycles. The summed E-state index contributed by atoms with van der Waals surface area (Å²) in [6.07, 6.45) is 6.18. The van der Waals surface area contributed by atoms with E-state index in [9.17, 15) is 53.1 Å². The quantitative estimate of drug-likeness (QED) is 0.0452. The summed E-state index contributed by atoms with van der Waals surface area (Å²) in [7, 11) is 5.23. The second kappa shape index (κ2) is 28.4. The predicted molar refractivity (Wildman–Crippen MR) is 284 cm³/mol. The normalized spacial score (nSPS) is 15.8. The highest BCUT2D eigenvalue weighted by Crippen LogP contribution is 2.32. The average molecular weight is 1080 g/mol. The molecule has 3 heterocycles. The summed E-state index contributed by atoms with van der Waals surface area (Å²) in [5.41, 5.74) is -0.116. The summed E-state index contributed by atoms with van der Waals surface area (Å²) < 4.78 is 11.5. The number of imide groups is 1. The van der Waals surface area contributed by atoms with Crippen molar-refractivity contribution in [2.75, 3.05) is 46.1 Å². The zero-order valence-corrected chi connectivity index (χ0v) is 46.5. The third-order valence-electron chi connectivity index (χ3n) is 14.0. The van der Waals surface area contributed by atoms with E-state index in [4.69, 9.17) is 9.47 Å². The molecule has 2 aliphatic heterocycles. The molecule has 0 aliphatic carbocycles. The van der Waals surface area contributed by atoms with Gasteiger partial charge in [0, 0.05) is 88.6 Å². The maximum Gasteiger partial charge on any atom is 0.311 e. The lowest BCUT2D eigenvalue weighted by Gasteiger charge is -2.38. The highest BCUT2D eigenvalue weighted by atomic mass is 32.1. The number of amides is 7. The van der Waals surface area contributed by atoms with Gasteiger partial charge in [0.2, 0.25) is 23.6 Å². The second-order valence-electron chi connectivity index (χ2n) is 20.5. The summed E-state index contributed by atoms with van der Waals surface area (Å²) in [6.45, 7) is 14.8. The zero-order valence-electron chi connectivity index (χ0n) is 45.6. The Morgan fingerprint density at radius 2 is 1.57 bits per heavy atom. The van der Waals surface area contributed by atoms with Crippen molar-refractivity contribution in [3.05, 3.63) is 64.1 Å². The lowest BCUT2D eigenvalue weighted by atomic mass is 9.92. The van der Waals surface area contributed by atoms with Crippen molar-refractivity contribution < 1.29 is 62.5 Å². The molecule has 0 fully saturated rings. The Kier molecular flexibility index (Phi) is 23.0. The molecule has 2 aromatic rings.